The maximum Gasteiger partial charge on any atom is 0.283 e. The van der Waals surface area contributed by atoms with Crippen LogP contribution in [-0.2, 0) is 4.79 Å². The summed E-state index contributed by atoms with van der Waals surface area (Å²) >= 11 is 7.64. The van der Waals surface area contributed by atoms with E-state index in [9.17, 15) is 9.59 Å². The number of carbonyl (C=O) groups excluding carboxylic acids is 1. The third kappa shape index (κ3) is 3.57. The molecular formula is C24H20N4O2S3. The number of benzene rings is 2. The number of thiocarbonyl (C=S) groups is 1. The summed E-state index contributed by atoms with van der Waals surface area (Å²) in [5.74, 6) is 5.43. The second-order valence-electron chi connectivity index (χ2n) is 7.61. The number of aromatic nitrogens is 1. The Bertz CT molecular complexity index is 1520. The van der Waals surface area contributed by atoms with Crippen molar-refractivity contribution in [2.45, 2.75) is 13.8 Å². The fraction of sp³-hybridized carbons (Fsp3) is 0.125. The Kier molecular flexibility index (Phi) is 5.57. The molecule has 3 aromatic rings. The third-order valence-electron chi connectivity index (χ3n) is 5.54. The molecule has 0 aliphatic carbocycles. The van der Waals surface area contributed by atoms with Crippen LogP contribution in [0.25, 0.3) is 22.4 Å². The molecule has 2 aromatic carbocycles. The van der Waals surface area contributed by atoms with Gasteiger partial charge in [-0.3, -0.25) is 14.2 Å². The van der Waals surface area contributed by atoms with E-state index in [-0.39, 0.29) is 9.88 Å². The number of rotatable bonds is 2. The number of hydrogen-bond donors (Lipinski definition) is 1. The van der Waals surface area contributed by atoms with Gasteiger partial charge in [0.1, 0.15) is 14.1 Å². The number of anilines is 1. The van der Waals surface area contributed by atoms with Gasteiger partial charge in [0, 0.05) is 12.2 Å². The van der Waals surface area contributed by atoms with E-state index in [2.05, 4.69) is 36.9 Å². The monoisotopic (exact) mass is 492 g/mol. The zero-order chi connectivity index (χ0) is 23.3. The van der Waals surface area contributed by atoms with Gasteiger partial charge in [-0.05, 0) is 61.5 Å². The van der Waals surface area contributed by atoms with Crippen molar-refractivity contribution in [3.8, 4) is 5.69 Å². The lowest BCUT2D eigenvalue weighted by Gasteiger charge is -2.29. The number of thioether (sulfide) groups is 1. The number of para-hydroxylation sites is 1. The van der Waals surface area contributed by atoms with Crippen molar-refractivity contribution in [1.82, 2.24) is 9.58 Å². The summed E-state index contributed by atoms with van der Waals surface area (Å²) in [4.78, 5) is 29.1. The van der Waals surface area contributed by atoms with Gasteiger partial charge in [-0.15, -0.1) is 11.3 Å². The Morgan fingerprint density at radius 1 is 1.06 bits per heavy atom. The molecule has 5 rings (SSSR count). The first-order valence-corrected chi connectivity index (χ1v) is 12.4. The minimum atomic E-state index is -0.403. The van der Waals surface area contributed by atoms with Crippen LogP contribution < -0.4 is 25.5 Å². The third-order valence-corrected chi connectivity index (χ3v) is 8.23. The highest BCUT2D eigenvalue weighted by Crippen LogP contribution is 2.32. The average Bonchev–Trinajstić information content (AvgIpc) is 3.29. The number of nitrogens with two attached hydrogens (primary N) is 1. The highest BCUT2D eigenvalue weighted by molar-refractivity contribution is 8.30. The molecule has 0 bridgehead atoms. The van der Waals surface area contributed by atoms with Gasteiger partial charge in [0.25, 0.3) is 11.5 Å². The van der Waals surface area contributed by atoms with Crippen LogP contribution in [0.15, 0.2) is 59.4 Å². The summed E-state index contributed by atoms with van der Waals surface area (Å²) in [6, 6.07) is 15.6. The average molecular weight is 493 g/mol. The first-order chi connectivity index (χ1) is 15.9. The Labute approximate surface area is 203 Å². The zero-order valence-electron chi connectivity index (χ0n) is 17.9. The summed E-state index contributed by atoms with van der Waals surface area (Å²) < 4.78 is 2.93. The van der Waals surface area contributed by atoms with Crippen molar-refractivity contribution < 1.29 is 4.79 Å². The normalized spacial score (nSPS) is 18.9. The molecule has 2 aliphatic heterocycles. The fourth-order valence-corrected chi connectivity index (χ4v) is 6.41. The molecule has 0 radical (unpaired) electrons. The number of thiazole rings is 1. The van der Waals surface area contributed by atoms with E-state index in [1.165, 1.54) is 16.9 Å². The van der Waals surface area contributed by atoms with E-state index in [1.54, 1.807) is 4.57 Å². The van der Waals surface area contributed by atoms with E-state index in [0.717, 1.165) is 33.7 Å². The lowest BCUT2D eigenvalue weighted by molar-refractivity contribution is -0.120. The molecule has 166 valence electrons. The molecule has 0 saturated carbocycles. The molecule has 1 aromatic heterocycles. The van der Waals surface area contributed by atoms with Gasteiger partial charge in [-0.25, -0.2) is 10.9 Å². The molecule has 2 N–H and O–H groups in total. The number of likely N-dealkylation sites (N-methyl/N-ethyl adjacent to an activating group) is 1. The molecule has 6 nitrogen and oxygen atoms in total. The van der Waals surface area contributed by atoms with Crippen LogP contribution in [0.3, 0.4) is 0 Å². The van der Waals surface area contributed by atoms with Crippen molar-refractivity contribution >= 4 is 67.9 Å². The quantitative estimate of drug-likeness (QED) is 0.337. The molecule has 9 heteroatoms. The van der Waals surface area contributed by atoms with E-state index >= 15 is 0 Å². The topological polar surface area (TPSA) is 71.6 Å². The molecule has 2 aliphatic rings. The molecule has 0 spiro atoms. The predicted octanol–water partition coefficient (Wildman–Crippen LogP) is 2.71. The van der Waals surface area contributed by atoms with E-state index in [4.69, 9.17) is 18.1 Å². The molecule has 3 heterocycles. The molecule has 33 heavy (non-hydrogen) atoms. The minimum absolute atomic E-state index is 0.183. The SMILES string of the molecule is CCN1C(=c2sc(=C3SC(=S)N(N)C3=O)n(-c3ccccc3)c2=O)C=Cc2cc(C)ccc21. The first-order valence-electron chi connectivity index (χ1n) is 10.3. The molecule has 1 saturated heterocycles. The first kappa shape index (κ1) is 21.8. The predicted molar refractivity (Wildman–Crippen MR) is 140 cm³/mol. The van der Waals surface area contributed by atoms with Gasteiger partial charge in [-0.2, -0.15) is 0 Å². The second-order valence-corrected chi connectivity index (χ2v) is 10.3. The number of aryl methyl sites for hydroxylation is 1. The zero-order valence-corrected chi connectivity index (χ0v) is 20.4. The van der Waals surface area contributed by atoms with Crippen LogP contribution in [0.2, 0.25) is 0 Å². The number of nitrogens with zero attached hydrogens (tertiary/aromatic N) is 3. The lowest BCUT2D eigenvalue weighted by Crippen LogP contribution is -2.37. The smallest absolute Gasteiger partial charge is 0.283 e. The second kappa shape index (κ2) is 8.42. The Morgan fingerprint density at radius 2 is 1.82 bits per heavy atom. The number of carbonyl (C=O) groups is 1. The van der Waals surface area contributed by atoms with Crippen molar-refractivity contribution in [2.24, 2.45) is 5.84 Å². The number of hydrazine groups is 1. The molecular weight excluding hydrogens is 472 g/mol. The molecule has 0 unspecified atom stereocenters. The highest BCUT2D eigenvalue weighted by atomic mass is 32.2. The summed E-state index contributed by atoms with van der Waals surface area (Å²) in [5, 5.41) is 0.957. The summed E-state index contributed by atoms with van der Waals surface area (Å²) in [6.07, 6.45) is 4.01. The molecule has 1 amide bonds. The van der Waals surface area contributed by atoms with Gasteiger partial charge in [0.2, 0.25) is 0 Å². The number of amides is 1. The van der Waals surface area contributed by atoms with Crippen molar-refractivity contribution in [3.05, 3.63) is 85.3 Å². The van der Waals surface area contributed by atoms with Crippen LogP contribution in [0.5, 0.6) is 0 Å². The van der Waals surface area contributed by atoms with Gasteiger partial charge in [0.15, 0.2) is 4.32 Å². The maximum absolute atomic E-state index is 13.8. The van der Waals surface area contributed by atoms with Gasteiger partial charge < -0.3 is 4.90 Å². The number of fused-ring (bicyclic) bond motifs is 1. The van der Waals surface area contributed by atoms with Crippen molar-refractivity contribution in [1.29, 1.82) is 0 Å². The fourth-order valence-electron chi connectivity index (χ4n) is 3.99. The summed E-state index contributed by atoms with van der Waals surface area (Å²) in [5.41, 5.74) is 4.65. The summed E-state index contributed by atoms with van der Waals surface area (Å²) in [7, 11) is 0. The molecule has 0 atom stereocenters. The lowest BCUT2D eigenvalue weighted by atomic mass is 10.0. The highest BCUT2D eigenvalue weighted by Gasteiger charge is 2.33. The van der Waals surface area contributed by atoms with Crippen molar-refractivity contribution in [2.75, 3.05) is 11.4 Å². The number of hydrogen-bond acceptors (Lipinski definition) is 7. The van der Waals surface area contributed by atoms with Crippen LogP contribution in [0.4, 0.5) is 5.69 Å². The van der Waals surface area contributed by atoms with Crippen LogP contribution in [0, 0.1) is 6.92 Å². The summed E-state index contributed by atoms with van der Waals surface area (Å²) in [6.45, 7) is 4.81. The van der Waals surface area contributed by atoms with Gasteiger partial charge in [0.05, 0.1) is 11.4 Å². The van der Waals surface area contributed by atoms with E-state index in [0.29, 0.717) is 26.3 Å². The van der Waals surface area contributed by atoms with Gasteiger partial charge >= 0.3 is 0 Å². The van der Waals surface area contributed by atoms with E-state index < -0.39 is 5.91 Å². The standard InChI is InChI=1S/C24H20N4O2S3/c1-3-26-17-11-9-14(2)13-15(17)10-12-18(26)19-21(29)27(16-7-5-4-6-8-16)23(32-19)20-22(30)28(25)24(31)33-20/h4-13H,3,25H2,1-2H3. The minimum Gasteiger partial charge on any atom is -0.340 e. The van der Waals surface area contributed by atoms with Gasteiger partial charge in [-0.1, -0.05) is 48.1 Å². The Balaban J connectivity index is 1.87. The van der Waals surface area contributed by atoms with Crippen LogP contribution in [0.1, 0.15) is 18.1 Å². The Hall–Kier alpha value is -2.98. The van der Waals surface area contributed by atoms with Crippen molar-refractivity contribution in [3.63, 3.8) is 0 Å². The molecule has 1 fully saturated rings. The Morgan fingerprint density at radius 3 is 2.48 bits per heavy atom. The maximum atomic E-state index is 13.8. The largest absolute Gasteiger partial charge is 0.340 e. The van der Waals surface area contributed by atoms with Crippen LogP contribution >= 0.6 is 35.3 Å². The van der Waals surface area contributed by atoms with Crippen LogP contribution in [-0.4, -0.2) is 26.3 Å². The van der Waals surface area contributed by atoms with E-state index in [1.807, 2.05) is 42.5 Å².